The minimum Gasteiger partial charge on any atom is -0.503 e. The molecule has 0 aliphatic heterocycles. The van der Waals surface area contributed by atoms with Gasteiger partial charge in [0.2, 0.25) is 0 Å². The number of H-pyrrole nitrogens is 1. The van der Waals surface area contributed by atoms with E-state index >= 15 is 0 Å². The standard InChI is InChI=1S/C21H12N4O5/c22-11-15(20-23-16-4-2-1-3-14(16)21(27)24-20)19(26)18-10-9-17(30-18)12-5-7-13(8-6-12)25(28)29/h1-10,26H,(H,23,24,27)/b19-15-. The summed E-state index contributed by atoms with van der Waals surface area (Å²) < 4.78 is 5.61. The molecule has 0 aliphatic carbocycles. The smallest absolute Gasteiger partial charge is 0.269 e. The topological polar surface area (TPSA) is 146 Å². The van der Waals surface area contributed by atoms with Gasteiger partial charge in [-0.3, -0.25) is 14.9 Å². The van der Waals surface area contributed by atoms with Crippen LogP contribution in [0.15, 0.2) is 69.9 Å². The van der Waals surface area contributed by atoms with Crippen molar-refractivity contribution in [3.8, 4) is 17.4 Å². The molecule has 0 bridgehead atoms. The fourth-order valence-electron chi connectivity index (χ4n) is 2.91. The number of allylic oxidation sites excluding steroid dienone is 1. The lowest BCUT2D eigenvalue weighted by atomic mass is 10.1. The number of nitriles is 1. The second-order valence-corrected chi connectivity index (χ2v) is 6.23. The van der Waals surface area contributed by atoms with Crippen LogP contribution in [0.3, 0.4) is 0 Å². The zero-order valence-corrected chi connectivity index (χ0v) is 15.2. The molecule has 2 aromatic carbocycles. The molecule has 0 unspecified atom stereocenters. The number of para-hydroxylation sites is 1. The van der Waals surface area contributed by atoms with Crippen LogP contribution in [0.1, 0.15) is 11.6 Å². The van der Waals surface area contributed by atoms with Gasteiger partial charge in [0.05, 0.1) is 15.8 Å². The number of nitrogens with zero attached hydrogens (tertiary/aromatic N) is 3. The predicted molar refractivity (Wildman–Crippen MR) is 108 cm³/mol. The monoisotopic (exact) mass is 400 g/mol. The normalized spacial score (nSPS) is 11.7. The number of hydrogen-bond donors (Lipinski definition) is 2. The Bertz CT molecular complexity index is 1410. The van der Waals surface area contributed by atoms with Gasteiger partial charge in [-0.1, -0.05) is 12.1 Å². The van der Waals surface area contributed by atoms with Gasteiger partial charge in [-0.15, -0.1) is 0 Å². The molecule has 4 rings (SSSR count). The highest BCUT2D eigenvalue weighted by Gasteiger charge is 2.18. The summed E-state index contributed by atoms with van der Waals surface area (Å²) in [5.41, 5.74) is 0.161. The van der Waals surface area contributed by atoms with E-state index in [1.54, 1.807) is 30.3 Å². The number of hydrogen-bond acceptors (Lipinski definition) is 7. The van der Waals surface area contributed by atoms with Crippen LogP contribution in [0.4, 0.5) is 5.69 Å². The van der Waals surface area contributed by atoms with E-state index in [2.05, 4.69) is 9.97 Å². The van der Waals surface area contributed by atoms with Gasteiger partial charge in [-0.2, -0.15) is 5.26 Å². The molecular weight excluding hydrogens is 388 g/mol. The fourth-order valence-corrected chi connectivity index (χ4v) is 2.91. The molecule has 146 valence electrons. The maximum absolute atomic E-state index is 12.3. The first-order valence-corrected chi connectivity index (χ1v) is 8.65. The lowest BCUT2D eigenvalue weighted by molar-refractivity contribution is -0.384. The highest BCUT2D eigenvalue weighted by Crippen LogP contribution is 2.29. The maximum Gasteiger partial charge on any atom is 0.269 e. The van der Waals surface area contributed by atoms with Crippen LogP contribution in [-0.2, 0) is 0 Å². The molecular formula is C21H12N4O5. The first-order valence-electron chi connectivity index (χ1n) is 8.65. The third-order valence-electron chi connectivity index (χ3n) is 4.40. The summed E-state index contributed by atoms with van der Waals surface area (Å²) in [6, 6.07) is 17.1. The molecule has 0 fully saturated rings. The summed E-state index contributed by atoms with van der Waals surface area (Å²) in [6.07, 6.45) is 0. The Morgan fingerprint density at radius 3 is 2.57 bits per heavy atom. The van der Waals surface area contributed by atoms with Crippen molar-refractivity contribution in [1.82, 2.24) is 9.97 Å². The fraction of sp³-hybridized carbons (Fsp3) is 0. The van der Waals surface area contributed by atoms with Gasteiger partial charge in [-0.05, 0) is 36.4 Å². The van der Waals surface area contributed by atoms with E-state index in [-0.39, 0.29) is 22.8 Å². The van der Waals surface area contributed by atoms with Gasteiger partial charge >= 0.3 is 0 Å². The third kappa shape index (κ3) is 3.29. The molecule has 0 spiro atoms. The lowest BCUT2D eigenvalue weighted by Gasteiger charge is -2.04. The van der Waals surface area contributed by atoms with Crippen LogP contribution in [0.2, 0.25) is 0 Å². The van der Waals surface area contributed by atoms with Gasteiger partial charge in [0.15, 0.2) is 17.3 Å². The Morgan fingerprint density at radius 1 is 1.13 bits per heavy atom. The number of rotatable bonds is 4. The highest BCUT2D eigenvalue weighted by atomic mass is 16.6. The number of nitro benzene ring substituents is 1. The molecule has 2 N–H and O–H groups in total. The molecule has 0 radical (unpaired) electrons. The summed E-state index contributed by atoms with van der Waals surface area (Å²) in [4.78, 5) is 29.3. The number of non-ortho nitro benzene ring substituents is 1. The number of nitrogens with one attached hydrogen (secondary N) is 1. The number of benzene rings is 2. The van der Waals surface area contributed by atoms with Crippen LogP contribution >= 0.6 is 0 Å². The summed E-state index contributed by atoms with van der Waals surface area (Å²) in [5.74, 6) is -0.268. The molecule has 9 heteroatoms. The number of aliphatic hydroxyl groups excluding tert-OH is 1. The molecule has 0 amide bonds. The van der Waals surface area contributed by atoms with Gasteiger partial charge in [0, 0.05) is 17.7 Å². The van der Waals surface area contributed by atoms with E-state index in [4.69, 9.17) is 4.42 Å². The van der Waals surface area contributed by atoms with Crippen molar-refractivity contribution in [1.29, 1.82) is 5.26 Å². The zero-order valence-electron chi connectivity index (χ0n) is 15.2. The van der Waals surface area contributed by atoms with Crippen LogP contribution in [0, 0.1) is 21.4 Å². The SMILES string of the molecule is N#C/C(=C(/O)c1ccc(-c2ccc([N+](=O)[O-])cc2)o1)c1nc2ccccc2c(=O)[nH]1. The van der Waals surface area contributed by atoms with Crippen molar-refractivity contribution in [2.45, 2.75) is 0 Å². The van der Waals surface area contributed by atoms with Crippen LogP contribution in [-0.4, -0.2) is 20.0 Å². The first kappa shape index (κ1) is 18.6. The van der Waals surface area contributed by atoms with Gasteiger partial charge < -0.3 is 14.5 Å². The minimum absolute atomic E-state index is 0.0179. The van der Waals surface area contributed by atoms with E-state index in [9.17, 15) is 25.3 Å². The van der Waals surface area contributed by atoms with Gasteiger partial charge in [0.25, 0.3) is 11.2 Å². The van der Waals surface area contributed by atoms with E-state index in [1.807, 2.05) is 6.07 Å². The Hall–Kier alpha value is -4.71. The van der Waals surface area contributed by atoms with E-state index in [1.165, 1.54) is 30.3 Å². The zero-order chi connectivity index (χ0) is 21.3. The van der Waals surface area contributed by atoms with Crippen LogP contribution in [0.5, 0.6) is 0 Å². The molecule has 0 saturated carbocycles. The largest absolute Gasteiger partial charge is 0.503 e. The van der Waals surface area contributed by atoms with Crippen molar-refractivity contribution in [3.63, 3.8) is 0 Å². The molecule has 30 heavy (non-hydrogen) atoms. The van der Waals surface area contributed by atoms with E-state index < -0.39 is 16.2 Å². The lowest BCUT2D eigenvalue weighted by Crippen LogP contribution is -2.11. The van der Waals surface area contributed by atoms with E-state index in [0.717, 1.165) is 0 Å². The van der Waals surface area contributed by atoms with Crippen molar-refractivity contribution < 1.29 is 14.4 Å². The maximum atomic E-state index is 12.3. The number of aromatic amines is 1. The number of furan rings is 1. The molecule has 2 heterocycles. The second kappa shape index (κ2) is 7.37. The van der Waals surface area contributed by atoms with E-state index in [0.29, 0.717) is 22.2 Å². The predicted octanol–water partition coefficient (Wildman–Crippen LogP) is 4.04. The Balaban J connectivity index is 1.75. The molecule has 0 atom stereocenters. The quantitative estimate of drug-likeness (QED) is 0.227. The number of nitro groups is 1. The summed E-state index contributed by atoms with van der Waals surface area (Å²) >= 11 is 0. The van der Waals surface area contributed by atoms with Crippen LogP contribution in [0.25, 0.3) is 33.6 Å². The van der Waals surface area contributed by atoms with Gasteiger partial charge in [-0.25, -0.2) is 4.98 Å². The Morgan fingerprint density at radius 2 is 1.87 bits per heavy atom. The number of aliphatic hydroxyl groups is 1. The van der Waals surface area contributed by atoms with Crippen molar-refractivity contribution in [2.75, 3.05) is 0 Å². The first-order chi connectivity index (χ1) is 14.5. The third-order valence-corrected chi connectivity index (χ3v) is 4.40. The molecule has 0 saturated heterocycles. The number of aromatic nitrogens is 2. The summed E-state index contributed by atoms with van der Waals surface area (Å²) in [7, 11) is 0. The summed E-state index contributed by atoms with van der Waals surface area (Å²) in [5, 5.41) is 31.3. The molecule has 2 aromatic heterocycles. The van der Waals surface area contributed by atoms with Crippen molar-refractivity contribution >= 4 is 27.9 Å². The van der Waals surface area contributed by atoms with Crippen molar-refractivity contribution in [3.05, 3.63) is 92.7 Å². The molecule has 0 aliphatic rings. The van der Waals surface area contributed by atoms with Gasteiger partial charge in [0.1, 0.15) is 17.4 Å². The number of fused-ring (bicyclic) bond motifs is 1. The Labute approximate surface area is 168 Å². The Kier molecular flexibility index (Phi) is 4.58. The van der Waals surface area contributed by atoms with Crippen molar-refractivity contribution in [2.24, 2.45) is 0 Å². The summed E-state index contributed by atoms with van der Waals surface area (Å²) in [6.45, 7) is 0. The molecule has 4 aromatic rings. The average Bonchev–Trinajstić information content (AvgIpc) is 3.25. The minimum atomic E-state index is -0.511. The second-order valence-electron chi connectivity index (χ2n) is 6.23. The molecule has 9 nitrogen and oxygen atoms in total. The average molecular weight is 400 g/mol. The van der Waals surface area contributed by atoms with Crippen LogP contribution < -0.4 is 5.56 Å². The highest BCUT2D eigenvalue weighted by molar-refractivity contribution is 5.92.